The first kappa shape index (κ1) is 19.2. The molecular formula is C23H31N3O2. The SMILES string of the molecule is COCC1(CC[C@@H]2CC2c2ccccc2)CCN(C(=O)c2ccn(C)n2)CC1. The number of methoxy groups -OCH3 is 1. The highest BCUT2D eigenvalue weighted by Crippen LogP contribution is 2.52. The molecule has 1 saturated heterocycles. The molecule has 0 spiro atoms. The van der Waals surface area contributed by atoms with Crippen molar-refractivity contribution in [1.82, 2.24) is 14.7 Å². The molecule has 2 atom stereocenters. The maximum atomic E-state index is 12.7. The van der Waals surface area contributed by atoms with Gasteiger partial charge in [-0.15, -0.1) is 0 Å². The summed E-state index contributed by atoms with van der Waals surface area (Å²) < 4.78 is 7.30. The Labute approximate surface area is 167 Å². The summed E-state index contributed by atoms with van der Waals surface area (Å²) in [5, 5.41) is 4.26. The van der Waals surface area contributed by atoms with Crippen molar-refractivity contribution in [3.8, 4) is 0 Å². The van der Waals surface area contributed by atoms with Gasteiger partial charge in [0, 0.05) is 33.4 Å². The molecule has 0 radical (unpaired) electrons. The fraction of sp³-hybridized carbons (Fsp3) is 0.565. The molecule has 1 aromatic heterocycles. The van der Waals surface area contributed by atoms with E-state index < -0.39 is 0 Å². The summed E-state index contributed by atoms with van der Waals surface area (Å²) in [5.41, 5.74) is 2.24. The molecule has 2 heterocycles. The van der Waals surface area contributed by atoms with E-state index in [9.17, 15) is 4.79 Å². The van der Waals surface area contributed by atoms with Crippen molar-refractivity contribution in [3.05, 3.63) is 53.9 Å². The summed E-state index contributed by atoms with van der Waals surface area (Å²) in [4.78, 5) is 14.6. The van der Waals surface area contributed by atoms with Gasteiger partial charge in [0.2, 0.25) is 0 Å². The van der Waals surface area contributed by atoms with Crippen LogP contribution in [0.15, 0.2) is 42.6 Å². The van der Waals surface area contributed by atoms with Crippen LogP contribution in [0.5, 0.6) is 0 Å². The molecule has 0 N–H and O–H groups in total. The molecule has 2 aromatic rings. The van der Waals surface area contributed by atoms with Crippen molar-refractivity contribution in [2.24, 2.45) is 18.4 Å². The van der Waals surface area contributed by atoms with E-state index in [0.717, 1.165) is 44.4 Å². The molecule has 28 heavy (non-hydrogen) atoms. The fourth-order valence-electron chi connectivity index (χ4n) is 4.81. The quantitative estimate of drug-likeness (QED) is 0.731. The monoisotopic (exact) mass is 381 g/mol. The Bertz CT molecular complexity index is 793. The third kappa shape index (κ3) is 4.14. The number of carbonyl (C=O) groups is 1. The number of aryl methyl sites for hydroxylation is 1. The zero-order valence-electron chi connectivity index (χ0n) is 17.0. The number of ether oxygens (including phenoxy) is 1. The Morgan fingerprint density at radius 3 is 2.61 bits per heavy atom. The predicted octanol–water partition coefficient (Wildman–Crippen LogP) is 3.87. The lowest BCUT2D eigenvalue weighted by atomic mass is 9.74. The minimum atomic E-state index is 0.0537. The topological polar surface area (TPSA) is 47.4 Å². The van der Waals surface area contributed by atoms with Crippen LogP contribution in [0.1, 0.15) is 54.1 Å². The van der Waals surface area contributed by atoms with Crippen LogP contribution in [-0.4, -0.2) is 47.4 Å². The largest absolute Gasteiger partial charge is 0.384 e. The first-order chi connectivity index (χ1) is 13.6. The maximum absolute atomic E-state index is 12.7. The zero-order chi connectivity index (χ0) is 19.6. The van der Waals surface area contributed by atoms with E-state index in [4.69, 9.17) is 4.74 Å². The molecular weight excluding hydrogens is 350 g/mol. The van der Waals surface area contributed by atoms with Gasteiger partial charge in [-0.3, -0.25) is 9.48 Å². The Balaban J connectivity index is 1.31. The highest BCUT2D eigenvalue weighted by molar-refractivity contribution is 5.92. The molecule has 1 saturated carbocycles. The molecule has 1 unspecified atom stereocenters. The van der Waals surface area contributed by atoms with Crippen LogP contribution in [0.2, 0.25) is 0 Å². The predicted molar refractivity (Wildman–Crippen MR) is 109 cm³/mol. The molecule has 2 aliphatic rings. The summed E-state index contributed by atoms with van der Waals surface area (Å²) in [6.07, 6.45) is 7.63. The average molecular weight is 382 g/mol. The molecule has 150 valence electrons. The van der Waals surface area contributed by atoms with Crippen molar-refractivity contribution >= 4 is 5.91 Å². The third-order valence-corrected chi connectivity index (χ3v) is 6.69. The van der Waals surface area contributed by atoms with Gasteiger partial charge in [-0.2, -0.15) is 5.10 Å². The molecule has 1 aromatic carbocycles. The van der Waals surface area contributed by atoms with Crippen LogP contribution in [-0.2, 0) is 11.8 Å². The standard InChI is InChI=1S/C23H31N3O2/c1-25-13-9-21(24-25)22(27)26-14-11-23(12-15-26,17-28-2)10-8-19-16-20(19)18-6-4-3-5-7-18/h3-7,9,13,19-20H,8,10-12,14-17H2,1-2H3/t19-,20?/m1/s1. The Morgan fingerprint density at radius 2 is 1.96 bits per heavy atom. The highest BCUT2D eigenvalue weighted by atomic mass is 16.5. The second-order valence-corrected chi connectivity index (χ2v) is 8.65. The minimum Gasteiger partial charge on any atom is -0.384 e. The Morgan fingerprint density at radius 1 is 1.21 bits per heavy atom. The molecule has 1 amide bonds. The Hall–Kier alpha value is -2.14. The smallest absolute Gasteiger partial charge is 0.274 e. The maximum Gasteiger partial charge on any atom is 0.274 e. The number of likely N-dealkylation sites (tertiary alicyclic amines) is 1. The molecule has 1 aliphatic carbocycles. The van der Waals surface area contributed by atoms with Crippen LogP contribution >= 0.6 is 0 Å². The summed E-state index contributed by atoms with van der Waals surface area (Å²) in [7, 11) is 3.65. The number of benzene rings is 1. The molecule has 4 rings (SSSR count). The van der Waals surface area contributed by atoms with Crippen molar-refractivity contribution in [1.29, 1.82) is 0 Å². The van der Waals surface area contributed by atoms with Gasteiger partial charge in [0.05, 0.1) is 6.61 Å². The Kier molecular flexibility index (Phi) is 5.54. The van der Waals surface area contributed by atoms with Gasteiger partial charge in [-0.25, -0.2) is 0 Å². The number of rotatable bonds is 7. The molecule has 2 fully saturated rings. The van der Waals surface area contributed by atoms with Crippen molar-refractivity contribution in [2.75, 3.05) is 26.8 Å². The second-order valence-electron chi connectivity index (χ2n) is 8.65. The molecule has 1 aliphatic heterocycles. The number of hydrogen-bond acceptors (Lipinski definition) is 3. The first-order valence-electron chi connectivity index (χ1n) is 10.4. The lowest BCUT2D eigenvalue weighted by molar-refractivity contribution is 0.0131. The van der Waals surface area contributed by atoms with E-state index in [-0.39, 0.29) is 11.3 Å². The van der Waals surface area contributed by atoms with Crippen LogP contribution in [0.25, 0.3) is 0 Å². The summed E-state index contributed by atoms with van der Waals surface area (Å²) >= 11 is 0. The fourth-order valence-corrected chi connectivity index (χ4v) is 4.81. The summed E-state index contributed by atoms with van der Waals surface area (Å²) in [6, 6.07) is 12.7. The van der Waals surface area contributed by atoms with E-state index in [0.29, 0.717) is 5.69 Å². The first-order valence-corrected chi connectivity index (χ1v) is 10.4. The minimum absolute atomic E-state index is 0.0537. The second kappa shape index (κ2) is 8.08. The van der Waals surface area contributed by atoms with Gasteiger partial charge in [0.25, 0.3) is 5.91 Å². The van der Waals surface area contributed by atoms with Crippen LogP contribution in [0.4, 0.5) is 0 Å². The van der Waals surface area contributed by atoms with Gasteiger partial charge in [0.15, 0.2) is 0 Å². The number of piperidine rings is 1. The van der Waals surface area contributed by atoms with E-state index >= 15 is 0 Å². The van der Waals surface area contributed by atoms with Crippen LogP contribution < -0.4 is 0 Å². The van der Waals surface area contributed by atoms with Gasteiger partial charge in [-0.05, 0) is 61.0 Å². The van der Waals surface area contributed by atoms with E-state index in [1.165, 1.54) is 24.8 Å². The van der Waals surface area contributed by atoms with Gasteiger partial charge in [0.1, 0.15) is 5.69 Å². The number of amides is 1. The van der Waals surface area contributed by atoms with Gasteiger partial charge >= 0.3 is 0 Å². The lowest BCUT2D eigenvalue weighted by Gasteiger charge is -2.41. The molecule has 5 heteroatoms. The van der Waals surface area contributed by atoms with Crippen LogP contribution in [0, 0.1) is 11.3 Å². The summed E-state index contributed by atoms with van der Waals surface area (Å²) in [6.45, 7) is 2.39. The van der Waals surface area contributed by atoms with Crippen molar-refractivity contribution < 1.29 is 9.53 Å². The van der Waals surface area contributed by atoms with Gasteiger partial charge < -0.3 is 9.64 Å². The normalized spacial score (nSPS) is 23.6. The highest BCUT2D eigenvalue weighted by Gasteiger charge is 2.42. The van der Waals surface area contributed by atoms with E-state index in [1.807, 2.05) is 18.1 Å². The number of nitrogens with zero attached hydrogens (tertiary/aromatic N) is 3. The zero-order valence-corrected chi connectivity index (χ0v) is 17.0. The molecule has 5 nitrogen and oxygen atoms in total. The number of carbonyl (C=O) groups excluding carboxylic acids is 1. The van der Waals surface area contributed by atoms with Crippen molar-refractivity contribution in [2.45, 2.75) is 38.0 Å². The van der Waals surface area contributed by atoms with E-state index in [1.54, 1.807) is 17.9 Å². The number of aromatic nitrogens is 2. The summed E-state index contributed by atoms with van der Waals surface area (Å²) in [5.74, 6) is 1.61. The lowest BCUT2D eigenvalue weighted by Crippen LogP contribution is -2.45. The van der Waals surface area contributed by atoms with E-state index in [2.05, 4.69) is 35.4 Å². The molecule has 0 bridgehead atoms. The number of hydrogen-bond donors (Lipinski definition) is 0. The average Bonchev–Trinajstić information content (AvgIpc) is 3.38. The van der Waals surface area contributed by atoms with Crippen LogP contribution in [0.3, 0.4) is 0 Å². The van der Waals surface area contributed by atoms with Crippen molar-refractivity contribution in [3.63, 3.8) is 0 Å². The third-order valence-electron chi connectivity index (χ3n) is 6.69. The van der Waals surface area contributed by atoms with Gasteiger partial charge in [-0.1, -0.05) is 30.3 Å².